The average Bonchev–Trinajstić information content (AvgIpc) is 2.90. The molecule has 8 nitrogen and oxygen atoms in total. The van der Waals surface area contributed by atoms with Gasteiger partial charge in [0, 0.05) is 25.0 Å². The molecular weight excluding hydrogens is 272 g/mol. The Morgan fingerprint density at radius 3 is 2.74 bits per heavy atom. The molecule has 3 N–H and O–H groups in total. The Balaban J connectivity index is 1.88. The van der Waals surface area contributed by atoms with Crippen LogP contribution in [-0.4, -0.2) is 46.9 Å². The van der Waals surface area contributed by atoms with E-state index in [-0.39, 0.29) is 19.6 Å². The van der Waals surface area contributed by atoms with E-state index in [1.54, 1.807) is 6.20 Å². The number of carboxylic acids is 1. The molecule has 0 amide bonds. The standard InChI is InChI=1S/C10H16N4O4S/c15-10(16)8-1-3-14(4-2-8)19(17,18)13-6-9-5-11-7-12-9/h5,7-8,13H,1-4,6H2,(H,11,12)(H,15,16). The molecular formula is C10H16N4O4S. The maximum atomic E-state index is 12.0. The lowest BCUT2D eigenvalue weighted by molar-refractivity contribution is -0.142. The molecule has 19 heavy (non-hydrogen) atoms. The van der Waals surface area contributed by atoms with Gasteiger partial charge in [-0.05, 0) is 12.8 Å². The van der Waals surface area contributed by atoms with Crippen molar-refractivity contribution < 1.29 is 18.3 Å². The Labute approximate surface area is 111 Å². The summed E-state index contributed by atoms with van der Waals surface area (Å²) in [5, 5.41) is 8.86. The van der Waals surface area contributed by atoms with Crippen LogP contribution in [0.3, 0.4) is 0 Å². The molecule has 1 fully saturated rings. The molecule has 1 aromatic heterocycles. The maximum absolute atomic E-state index is 12.0. The predicted molar refractivity (Wildman–Crippen MR) is 66.3 cm³/mol. The number of piperidine rings is 1. The normalized spacial score (nSPS) is 18.5. The lowest BCUT2D eigenvalue weighted by Gasteiger charge is -2.29. The number of rotatable bonds is 5. The minimum Gasteiger partial charge on any atom is -0.481 e. The number of aromatic amines is 1. The third-order valence-corrected chi connectivity index (χ3v) is 4.70. The summed E-state index contributed by atoms with van der Waals surface area (Å²) in [7, 11) is -3.57. The summed E-state index contributed by atoms with van der Waals surface area (Å²) in [5.74, 6) is -1.30. The van der Waals surface area contributed by atoms with Crippen molar-refractivity contribution >= 4 is 16.2 Å². The van der Waals surface area contributed by atoms with Crippen molar-refractivity contribution in [3.05, 3.63) is 18.2 Å². The molecule has 1 aliphatic heterocycles. The van der Waals surface area contributed by atoms with Crippen LogP contribution >= 0.6 is 0 Å². The van der Waals surface area contributed by atoms with Crippen LogP contribution in [-0.2, 0) is 21.5 Å². The van der Waals surface area contributed by atoms with E-state index in [9.17, 15) is 13.2 Å². The van der Waals surface area contributed by atoms with Crippen molar-refractivity contribution in [3.63, 3.8) is 0 Å². The second kappa shape index (κ2) is 5.68. The molecule has 0 radical (unpaired) electrons. The summed E-state index contributed by atoms with van der Waals surface area (Å²) in [6.07, 6.45) is 3.71. The third-order valence-electron chi connectivity index (χ3n) is 3.14. The minimum absolute atomic E-state index is 0.140. The summed E-state index contributed by atoms with van der Waals surface area (Å²) in [5.41, 5.74) is 0.670. The summed E-state index contributed by atoms with van der Waals surface area (Å²) in [4.78, 5) is 17.4. The van der Waals surface area contributed by atoms with Crippen molar-refractivity contribution in [3.8, 4) is 0 Å². The molecule has 0 aromatic carbocycles. The zero-order chi connectivity index (χ0) is 13.9. The van der Waals surface area contributed by atoms with E-state index in [4.69, 9.17) is 5.11 Å². The van der Waals surface area contributed by atoms with E-state index in [0.717, 1.165) is 0 Å². The Kier molecular flexibility index (Phi) is 4.17. The average molecular weight is 288 g/mol. The van der Waals surface area contributed by atoms with Gasteiger partial charge in [-0.1, -0.05) is 0 Å². The van der Waals surface area contributed by atoms with Crippen LogP contribution < -0.4 is 4.72 Å². The van der Waals surface area contributed by atoms with Crippen molar-refractivity contribution in [2.45, 2.75) is 19.4 Å². The number of nitrogens with zero attached hydrogens (tertiary/aromatic N) is 2. The van der Waals surface area contributed by atoms with Crippen LogP contribution in [0, 0.1) is 5.92 Å². The molecule has 1 aromatic rings. The zero-order valence-corrected chi connectivity index (χ0v) is 11.1. The lowest BCUT2D eigenvalue weighted by atomic mass is 9.99. The number of carboxylic acid groups (broad SMARTS) is 1. The van der Waals surface area contributed by atoms with Gasteiger partial charge in [-0.25, -0.2) is 4.98 Å². The first-order valence-corrected chi connectivity index (χ1v) is 7.38. The highest BCUT2D eigenvalue weighted by Crippen LogP contribution is 2.19. The summed E-state index contributed by atoms with van der Waals surface area (Å²) in [6.45, 7) is 0.603. The lowest BCUT2D eigenvalue weighted by Crippen LogP contribution is -2.45. The van der Waals surface area contributed by atoms with E-state index in [2.05, 4.69) is 14.7 Å². The van der Waals surface area contributed by atoms with Crippen molar-refractivity contribution in [2.75, 3.05) is 13.1 Å². The molecule has 0 bridgehead atoms. The van der Waals surface area contributed by atoms with Crippen LogP contribution in [0.4, 0.5) is 0 Å². The van der Waals surface area contributed by atoms with Gasteiger partial charge in [-0.15, -0.1) is 0 Å². The smallest absolute Gasteiger partial charge is 0.306 e. The zero-order valence-electron chi connectivity index (χ0n) is 10.2. The molecule has 0 atom stereocenters. The minimum atomic E-state index is -3.57. The summed E-state index contributed by atoms with van der Waals surface area (Å²) < 4.78 is 27.7. The fourth-order valence-electron chi connectivity index (χ4n) is 1.98. The van der Waals surface area contributed by atoms with Crippen molar-refractivity contribution in [1.29, 1.82) is 0 Å². The van der Waals surface area contributed by atoms with Crippen LogP contribution in [0.15, 0.2) is 12.5 Å². The number of aliphatic carboxylic acids is 1. The molecule has 0 unspecified atom stereocenters. The van der Waals surface area contributed by atoms with E-state index < -0.39 is 22.1 Å². The molecule has 1 saturated heterocycles. The first-order valence-electron chi connectivity index (χ1n) is 5.94. The Morgan fingerprint density at radius 1 is 1.53 bits per heavy atom. The van der Waals surface area contributed by atoms with Gasteiger partial charge in [0.1, 0.15) is 0 Å². The molecule has 106 valence electrons. The number of H-pyrrole nitrogens is 1. The van der Waals surface area contributed by atoms with Crippen LogP contribution in [0.25, 0.3) is 0 Å². The second-order valence-electron chi connectivity index (χ2n) is 4.41. The second-order valence-corrected chi connectivity index (χ2v) is 6.17. The number of aromatic nitrogens is 2. The van der Waals surface area contributed by atoms with Gasteiger partial charge >= 0.3 is 5.97 Å². The Hall–Kier alpha value is -1.45. The molecule has 0 aliphatic carbocycles. The van der Waals surface area contributed by atoms with E-state index in [1.165, 1.54) is 10.6 Å². The molecule has 0 saturated carbocycles. The number of hydrogen-bond acceptors (Lipinski definition) is 4. The van der Waals surface area contributed by atoms with Gasteiger partial charge < -0.3 is 10.1 Å². The SMILES string of the molecule is O=C(O)C1CCN(S(=O)(=O)NCc2cnc[nH]2)CC1. The third kappa shape index (κ3) is 3.52. The quantitative estimate of drug-likeness (QED) is 0.678. The number of hydrogen-bond donors (Lipinski definition) is 3. The fourth-order valence-corrected chi connectivity index (χ4v) is 3.20. The summed E-state index contributed by atoms with van der Waals surface area (Å²) >= 11 is 0. The first-order chi connectivity index (χ1) is 8.99. The van der Waals surface area contributed by atoms with Crippen LogP contribution in [0.5, 0.6) is 0 Å². The highest BCUT2D eigenvalue weighted by molar-refractivity contribution is 7.87. The van der Waals surface area contributed by atoms with Crippen molar-refractivity contribution in [2.24, 2.45) is 5.92 Å². The van der Waals surface area contributed by atoms with Gasteiger partial charge in [-0.3, -0.25) is 4.79 Å². The van der Waals surface area contributed by atoms with Gasteiger partial charge in [0.2, 0.25) is 0 Å². The molecule has 1 aliphatic rings. The van der Waals surface area contributed by atoms with Gasteiger partial charge in [0.25, 0.3) is 10.2 Å². The molecule has 0 spiro atoms. The topological polar surface area (TPSA) is 115 Å². The first kappa shape index (κ1) is 14.0. The highest BCUT2D eigenvalue weighted by Gasteiger charge is 2.30. The number of carbonyl (C=O) groups is 1. The van der Waals surface area contributed by atoms with E-state index in [1.807, 2.05) is 0 Å². The predicted octanol–water partition coefficient (Wildman–Crippen LogP) is -0.459. The molecule has 2 rings (SSSR count). The van der Waals surface area contributed by atoms with Crippen molar-refractivity contribution in [1.82, 2.24) is 19.0 Å². The molecule has 2 heterocycles. The Bertz CT molecular complexity index is 520. The van der Waals surface area contributed by atoms with Gasteiger partial charge in [0.05, 0.1) is 18.8 Å². The maximum Gasteiger partial charge on any atom is 0.306 e. The van der Waals surface area contributed by atoms with E-state index >= 15 is 0 Å². The monoisotopic (exact) mass is 288 g/mol. The number of imidazole rings is 1. The van der Waals surface area contributed by atoms with E-state index in [0.29, 0.717) is 18.5 Å². The Morgan fingerprint density at radius 2 is 2.21 bits per heavy atom. The van der Waals surface area contributed by atoms with Gasteiger partial charge in [0.15, 0.2) is 0 Å². The summed E-state index contributed by atoms with van der Waals surface area (Å²) in [6, 6.07) is 0. The van der Waals surface area contributed by atoms with Crippen LogP contribution in [0.1, 0.15) is 18.5 Å². The van der Waals surface area contributed by atoms with Gasteiger partial charge in [-0.2, -0.15) is 17.4 Å². The van der Waals surface area contributed by atoms with Crippen LogP contribution in [0.2, 0.25) is 0 Å². The number of nitrogens with one attached hydrogen (secondary N) is 2. The highest BCUT2D eigenvalue weighted by atomic mass is 32.2. The fraction of sp³-hybridized carbons (Fsp3) is 0.600. The molecule has 9 heteroatoms. The largest absolute Gasteiger partial charge is 0.481 e.